The summed E-state index contributed by atoms with van der Waals surface area (Å²) in [5.74, 6) is 0.834. The number of rotatable bonds is 7. The minimum absolute atomic E-state index is 0.116. The van der Waals surface area contributed by atoms with Crippen molar-refractivity contribution in [1.82, 2.24) is 10.3 Å². The molecule has 1 aromatic rings. The van der Waals surface area contributed by atoms with Crippen molar-refractivity contribution in [3.8, 4) is 0 Å². The number of nitrogens with two attached hydrogens (primary N) is 1. The first-order valence-electron chi connectivity index (χ1n) is 6.36. The van der Waals surface area contributed by atoms with Crippen LogP contribution in [0.3, 0.4) is 0 Å². The van der Waals surface area contributed by atoms with E-state index in [-0.39, 0.29) is 5.91 Å². The maximum absolute atomic E-state index is 11.2. The molecule has 0 bridgehead atoms. The van der Waals surface area contributed by atoms with Crippen LogP contribution in [0.5, 0.6) is 0 Å². The highest BCUT2D eigenvalue weighted by atomic mass is 16.1. The van der Waals surface area contributed by atoms with Crippen molar-refractivity contribution in [3.05, 3.63) is 17.8 Å². The van der Waals surface area contributed by atoms with Gasteiger partial charge in [-0.3, -0.25) is 4.79 Å². The predicted molar refractivity (Wildman–Crippen MR) is 74.4 cm³/mol. The van der Waals surface area contributed by atoms with Gasteiger partial charge in [-0.05, 0) is 31.4 Å². The van der Waals surface area contributed by atoms with Gasteiger partial charge in [0.2, 0.25) is 5.91 Å². The topological polar surface area (TPSA) is 80.0 Å². The molecule has 18 heavy (non-hydrogen) atoms. The van der Waals surface area contributed by atoms with Crippen molar-refractivity contribution in [3.63, 3.8) is 0 Å². The summed E-state index contributed by atoms with van der Waals surface area (Å²) in [6.45, 7) is 5.37. The Kier molecular flexibility index (Phi) is 5.97. The Morgan fingerprint density at radius 3 is 2.94 bits per heavy atom. The van der Waals surface area contributed by atoms with Crippen LogP contribution in [0.25, 0.3) is 0 Å². The Bertz CT molecular complexity index is 393. The standard InChI is InChI=1S/C13H22N4O/c1-3-5-11(18)15-7-4-8-16-13-12(14)10(2)6-9-17-13/h6,9H,3-5,7-8,14H2,1-2H3,(H,15,18)(H,16,17). The number of hydrogen-bond donors (Lipinski definition) is 3. The number of nitrogens with one attached hydrogen (secondary N) is 2. The molecule has 0 radical (unpaired) electrons. The number of aryl methyl sites for hydroxylation is 1. The molecule has 0 spiro atoms. The summed E-state index contributed by atoms with van der Waals surface area (Å²) < 4.78 is 0. The number of hydrogen-bond acceptors (Lipinski definition) is 4. The molecule has 0 saturated heterocycles. The highest BCUT2D eigenvalue weighted by Gasteiger charge is 2.02. The van der Waals surface area contributed by atoms with Gasteiger partial charge in [0, 0.05) is 25.7 Å². The Balaban J connectivity index is 2.22. The van der Waals surface area contributed by atoms with Gasteiger partial charge in [0.15, 0.2) is 0 Å². The molecule has 4 N–H and O–H groups in total. The third-order valence-electron chi connectivity index (χ3n) is 2.65. The molecule has 1 aromatic heterocycles. The molecule has 1 rings (SSSR count). The van der Waals surface area contributed by atoms with Gasteiger partial charge in [-0.15, -0.1) is 0 Å². The Hall–Kier alpha value is -1.78. The van der Waals surface area contributed by atoms with Gasteiger partial charge in [0.25, 0.3) is 0 Å². The summed E-state index contributed by atoms with van der Waals surface area (Å²) in [5.41, 5.74) is 7.60. The average molecular weight is 250 g/mol. The molecule has 100 valence electrons. The fourth-order valence-electron chi connectivity index (χ4n) is 1.55. The van der Waals surface area contributed by atoms with E-state index in [9.17, 15) is 4.79 Å². The lowest BCUT2D eigenvalue weighted by Gasteiger charge is -2.10. The second kappa shape index (κ2) is 7.53. The molecule has 0 atom stereocenters. The van der Waals surface area contributed by atoms with Crippen LogP contribution in [0.1, 0.15) is 31.7 Å². The number of nitrogens with zero attached hydrogens (tertiary/aromatic N) is 1. The Morgan fingerprint density at radius 1 is 1.44 bits per heavy atom. The molecule has 5 heteroatoms. The van der Waals surface area contributed by atoms with Crippen LogP contribution in [-0.4, -0.2) is 24.0 Å². The summed E-state index contributed by atoms with van der Waals surface area (Å²) in [5, 5.41) is 6.04. The zero-order valence-corrected chi connectivity index (χ0v) is 11.1. The molecule has 0 aliphatic rings. The second-order valence-corrected chi connectivity index (χ2v) is 4.27. The summed E-state index contributed by atoms with van der Waals surface area (Å²) in [6, 6.07) is 1.88. The fourth-order valence-corrected chi connectivity index (χ4v) is 1.55. The lowest BCUT2D eigenvalue weighted by atomic mass is 10.2. The minimum atomic E-state index is 0.116. The largest absolute Gasteiger partial charge is 0.396 e. The average Bonchev–Trinajstić information content (AvgIpc) is 2.34. The number of nitrogen functional groups attached to an aromatic ring is 1. The van der Waals surface area contributed by atoms with E-state index in [2.05, 4.69) is 15.6 Å². The maximum Gasteiger partial charge on any atom is 0.219 e. The summed E-state index contributed by atoms with van der Waals surface area (Å²) in [6.07, 6.45) is 4.06. The van der Waals surface area contributed by atoms with Crippen LogP contribution in [0, 0.1) is 6.92 Å². The van der Waals surface area contributed by atoms with Gasteiger partial charge in [-0.25, -0.2) is 4.98 Å². The smallest absolute Gasteiger partial charge is 0.219 e. The van der Waals surface area contributed by atoms with Crippen LogP contribution >= 0.6 is 0 Å². The Morgan fingerprint density at radius 2 is 2.22 bits per heavy atom. The van der Waals surface area contributed by atoms with E-state index in [1.54, 1.807) is 6.20 Å². The molecule has 1 amide bonds. The molecular weight excluding hydrogens is 228 g/mol. The van der Waals surface area contributed by atoms with Gasteiger partial charge in [0.1, 0.15) is 5.82 Å². The number of anilines is 2. The third-order valence-corrected chi connectivity index (χ3v) is 2.65. The molecule has 0 unspecified atom stereocenters. The summed E-state index contributed by atoms with van der Waals surface area (Å²) in [7, 11) is 0. The normalized spacial score (nSPS) is 10.1. The fraction of sp³-hybridized carbons (Fsp3) is 0.538. The quantitative estimate of drug-likeness (QED) is 0.643. The molecule has 0 saturated carbocycles. The minimum Gasteiger partial charge on any atom is -0.396 e. The van der Waals surface area contributed by atoms with Gasteiger partial charge in [-0.2, -0.15) is 0 Å². The highest BCUT2D eigenvalue weighted by molar-refractivity contribution is 5.75. The highest BCUT2D eigenvalue weighted by Crippen LogP contribution is 2.18. The SMILES string of the molecule is CCCC(=O)NCCCNc1nccc(C)c1N. The molecule has 0 aliphatic heterocycles. The van der Waals surface area contributed by atoms with Crippen molar-refractivity contribution in [2.75, 3.05) is 24.1 Å². The lowest BCUT2D eigenvalue weighted by Crippen LogP contribution is -2.25. The van der Waals surface area contributed by atoms with Crippen molar-refractivity contribution in [2.45, 2.75) is 33.1 Å². The second-order valence-electron chi connectivity index (χ2n) is 4.27. The summed E-state index contributed by atoms with van der Waals surface area (Å²) in [4.78, 5) is 15.4. The number of carbonyl (C=O) groups excluding carboxylic acids is 1. The molecule has 0 aromatic carbocycles. The molecule has 5 nitrogen and oxygen atoms in total. The van der Waals surface area contributed by atoms with E-state index < -0.39 is 0 Å². The monoisotopic (exact) mass is 250 g/mol. The predicted octanol–water partition coefficient (Wildman–Crippen LogP) is 1.69. The zero-order chi connectivity index (χ0) is 13.4. The molecule has 1 heterocycles. The zero-order valence-electron chi connectivity index (χ0n) is 11.1. The van der Waals surface area contributed by atoms with Crippen LogP contribution < -0.4 is 16.4 Å². The molecule has 0 aliphatic carbocycles. The van der Waals surface area contributed by atoms with E-state index in [1.807, 2.05) is 19.9 Å². The van der Waals surface area contributed by atoms with Crippen LogP contribution in [-0.2, 0) is 4.79 Å². The number of carbonyl (C=O) groups is 1. The van der Waals surface area contributed by atoms with Gasteiger partial charge in [0.05, 0.1) is 5.69 Å². The Labute approximate surface area is 108 Å². The van der Waals surface area contributed by atoms with Gasteiger partial charge >= 0.3 is 0 Å². The van der Waals surface area contributed by atoms with E-state index in [1.165, 1.54) is 0 Å². The van der Waals surface area contributed by atoms with Gasteiger partial charge in [-0.1, -0.05) is 6.92 Å². The van der Waals surface area contributed by atoms with Crippen molar-refractivity contribution in [1.29, 1.82) is 0 Å². The van der Waals surface area contributed by atoms with E-state index in [0.29, 0.717) is 18.7 Å². The lowest BCUT2D eigenvalue weighted by molar-refractivity contribution is -0.121. The molecule has 0 fully saturated rings. The van der Waals surface area contributed by atoms with Gasteiger partial charge < -0.3 is 16.4 Å². The van der Waals surface area contributed by atoms with E-state index in [0.717, 1.165) is 30.8 Å². The first kappa shape index (κ1) is 14.3. The first-order valence-corrected chi connectivity index (χ1v) is 6.36. The van der Waals surface area contributed by atoms with E-state index >= 15 is 0 Å². The molecular formula is C13H22N4O. The van der Waals surface area contributed by atoms with Crippen molar-refractivity contribution < 1.29 is 4.79 Å². The number of aromatic nitrogens is 1. The van der Waals surface area contributed by atoms with E-state index in [4.69, 9.17) is 5.73 Å². The van der Waals surface area contributed by atoms with Crippen LogP contribution in [0.4, 0.5) is 11.5 Å². The van der Waals surface area contributed by atoms with Crippen LogP contribution in [0.2, 0.25) is 0 Å². The number of amides is 1. The third kappa shape index (κ3) is 4.61. The van der Waals surface area contributed by atoms with Crippen molar-refractivity contribution >= 4 is 17.4 Å². The maximum atomic E-state index is 11.2. The summed E-state index contributed by atoms with van der Waals surface area (Å²) >= 11 is 0. The number of pyridine rings is 1. The first-order chi connectivity index (χ1) is 8.65. The van der Waals surface area contributed by atoms with Crippen molar-refractivity contribution in [2.24, 2.45) is 0 Å². The van der Waals surface area contributed by atoms with Crippen LogP contribution in [0.15, 0.2) is 12.3 Å².